The highest BCUT2D eigenvalue weighted by atomic mass is 32.2. The van der Waals surface area contributed by atoms with E-state index >= 15 is 0 Å². The van der Waals surface area contributed by atoms with Crippen molar-refractivity contribution in [1.82, 2.24) is 4.90 Å². The van der Waals surface area contributed by atoms with Gasteiger partial charge in [-0.3, -0.25) is 29.2 Å². The predicted octanol–water partition coefficient (Wildman–Crippen LogP) is 0.694. The molecule has 0 N–H and O–H groups in total. The number of carbonyl (C=O) groups is 1. The van der Waals surface area contributed by atoms with Crippen molar-refractivity contribution in [1.29, 1.82) is 0 Å². The summed E-state index contributed by atoms with van der Waals surface area (Å²) in [6.07, 6.45) is 0.453. The maximum absolute atomic E-state index is 12.4. The number of nitro groups is 2. The van der Waals surface area contributed by atoms with E-state index in [4.69, 9.17) is 4.18 Å². The van der Waals surface area contributed by atoms with E-state index in [1.165, 1.54) is 4.90 Å². The van der Waals surface area contributed by atoms with Crippen molar-refractivity contribution < 1.29 is 27.2 Å². The average Bonchev–Trinajstić information content (AvgIpc) is 2.92. The first kappa shape index (κ1) is 17.7. The molecule has 1 fully saturated rings. The van der Waals surface area contributed by atoms with Gasteiger partial charge in [-0.05, 0) is 6.42 Å². The lowest BCUT2D eigenvalue weighted by molar-refractivity contribution is -0.394. The van der Waals surface area contributed by atoms with Gasteiger partial charge in [0, 0.05) is 25.2 Å². The molecule has 0 aliphatic carbocycles. The lowest BCUT2D eigenvalue weighted by Gasteiger charge is -2.16. The van der Waals surface area contributed by atoms with Gasteiger partial charge in [0.1, 0.15) is 0 Å². The van der Waals surface area contributed by atoms with Gasteiger partial charge in [0.05, 0.1) is 33.8 Å². The Hall–Kier alpha value is -2.60. The van der Waals surface area contributed by atoms with Crippen molar-refractivity contribution in [3.63, 3.8) is 0 Å². The van der Waals surface area contributed by atoms with E-state index in [-0.39, 0.29) is 25.1 Å². The van der Waals surface area contributed by atoms with Crippen molar-refractivity contribution >= 4 is 27.4 Å². The van der Waals surface area contributed by atoms with Crippen LogP contribution in [0.3, 0.4) is 0 Å². The molecule has 0 unspecified atom stereocenters. The molecule has 0 aromatic heterocycles. The molecule has 1 saturated heterocycles. The summed E-state index contributed by atoms with van der Waals surface area (Å²) in [6.45, 7) is 0.151. The summed E-state index contributed by atoms with van der Waals surface area (Å²) in [6, 6.07) is 2.65. The second-order valence-corrected chi connectivity index (χ2v) is 6.82. The van der Waals surface area contributed by atoms with Gasteiger partial charge in [-0.2, -0.15) is 8.42 Å². The minimum Gasteiger partial charge on any atom is -0.336 e. The van der Waals surface area contributed by atoms with E-state index in [9.17, 15) is 33.4 Å². The van der Waals surface area contributed by atoms with Crippen molar-refractivity contribution in [2.24, 2.45) is 0 Å². The number of benzene rings is 1. The fourth-order valence-corrected chi connectivity index (χ4v) is 3.00. The largest absolute Gasteiger partial charge is 0.336 e. The average molecular weight is 359 g/mol. The Kier molecular flexibility index (Phi) is 4.80. The summed E-state index contributed by atoms with van der Waals surface area (Å²) in [7, 11) is -3.67. The molecule has 1 amide bonds. The normalized spacial score (nSPS) is 17.7. The Morgan fingerprint density at radius 1 is 1.21 bits per heavy atom. The van der Waals surface area contributed by atoms with Crippen LogP contribution < -0.4 is 0 Å². The summed E-state index contributed by atoms with van der Waals surface area (Å²) in [5.74, 6) is -0.665. The Labute approximate surface area is 136 Å². The molecular formula is C12H13N3O8S. The summed E-state index contributed by atoms with van der Waals surface area (Å²) in [5, 5.41) is 21.7. The van der Waals surface area contributed by atoms with E-state index in [0.717, 1.165) is 24.5 Å². The molecule has 0 radical (unpaired) electrons. The third kappa shape index (κ3) is 4.23. The zero-order valence-corrected chi connectivity index (χ0v) is 13.3. The lowest BCUT2D eigenvalue weighted by Crippen LogP contribution is -2.30. The number of nitrogens with zero attached hydrogens (tertiary/aromatic N) is 3. The number of likely N-dealkylation sites (tertiary alicyclic amines) is 1. The zero-order chi connectivity index (χ0) is 18.1. The van der Waals surface area contributed by atoms with Gasteiger partial charge in [0.25, 0.3) is 27.4 Å². The minimum absolute atomic E-state index is 0.0254. The zero-order valence-electron chi connectivity index (χ0n) is 12.4. The van der Waals surface area contributed by atoms with Gasteiger partial charge in [-0.15, -0.1) is 0 Å². The molecule has 1 aromatic rings. The van der Waals surface area contributed by atoms with E-state index in [1.54, 1.807) is 0 Å². The monoisotopic (exact) mass is 359 g/mol. The third-order valence-electron chi connectivity index (χ3n) is 3.31. The SMILES string of the molecule is CS(=O)(=O)O[C@H]1CCN(C(=O)c2cc([N+](=O)[O-])cc([N+](=O)[O-])c2)C1. The molecule has 1 aliphatic heterocycles. The first-order valence-electron chi connectivity index (χ1n) is 6.68. The molecule has 0 saturated carbocycles. The van der Waals surface area contributed by atoms with Gasteiger partial charge in [-0.25, -0.2) is 0 Å². The van der Waals surface area contributed by atoms with Crippen LogP contribution in [0.4, 0.5) is 11.4 Å². The van der Waals surface area contributed by atoms with E-state index in [1.807, 2.05) is 0 Å². The maximum Gasteiger partial charge on any atom is 0.277 e. The number of carbonyl (C=O) groups excluding carboxylic acids is 1. The molecule has 1 atom stereocenters. The second kappa shape index (κ2) is 6.49. The van der Waals surface area contributed by atoms with Gasteiger partial charge in [0.2, 0.25) is 0 Å². The number of rotatable bonds is 5. The van der Waals surface area contributed by atoms with Crippen molar-refractivity contribution in [3.05, 3.63) is 44.0 Å². The van der Waals surface area contributed by atoms with Gasteiger partial charge < -0.3 is 4.90 Å². The first-order chi connectivity index (χ1) is 11.1. The smallest absolute Gasteiger partial charge is 0.277 e. The van der Waals surface area contributed by atoms with Crippen LogP contribution in [0.25, 0.3) is 0 Å². The van der Waals surface area contributed by atoms with E-state index in [0.29, 0.717) is 0 Å². The van der Waals surface area contributed by atoms with Crippen molar-refractivity contribution in [2.45, 2.75) is 12.5 Å². The highest BCUT2D eigenvalue weighted by molar-refractivity contribution is 7.86. The quantitative estimate of drug-likeness (QED) is 0.423. The molecule has 24 heavy (non-hydrogen) atoms. The van der Waals surface area contributed by atoms with Crippen LogP contribution in [0.1, 0.15) is 16.8 Å². The van der Waals surface area contributed by atoms with Crippen LogP contribution in [-0.4, -0.2) is 54.5 Å². The molecule has 1 heterocycles. The number of non-ortho nitro benzene ring substituents is 2. The first-order valence-corrected chi connectivity index (χ1v) is 8.50. The number of amides is 1. The molecule has 0 bridgehead atoms. The van der Waals surface area contributed by atoms with Crippen LogP contribution in [0.5, 0.6) is 0 Å². The molecule has 1 aliphatic rings. The second-order valence-electron chi connectivity index (χ2n) is 5.21. The minimum atomic E-state index is -3.67. The molecular weight excluding hydrogens is 346 g/mol. The molecule has 11 nitrogen and oxygen atoms in total. The predicted molar refractivity (Wildman–Crippen MR) is 80.0 cm³/mol. The van der Waals surface area contributed by atoms with E-state index < -0.39 is 43.4 Å². The fraction of sp³-hybridized carbons (Fsp3) is 0.417. The third-order valence-corrected chi connectivity index (χ3v) is 3.94. The topological polar surface area (TPSA) is 150 Å². The van der Waals surface area contributed by atoms with Crippen LogP contribution in [0, 0.1) is 20.2 Å². The van der Waals surface area contributed by atoms with Crippen LogP contribution in [0.15, 0.2) is 18.2 Å². The van der Waals surface area contributed by atoms with E-state index in [2.05, 4.69) is 0 Å². The molecule has 0 spiro atoms. The summed E-state index contributed by atoms with van der Waals surface area (Å²) in [5.41, 5.74) is -1.36. The maximum atomic E-state index is 12.4. The van der Waals surface area contributed by atoms with Gasteiger partial charge in [-0.1, -0.05) is 0 Å². The van der Waals surface area contributed by atoms with Crippen LogP contribution in [0.2, 0.25) is 0 Å². The van der Waals surface area contributed by atoms with Crippen LogP contribution in [-0.2, 0) is 14.3 Å². The highest BCUT2D eigenvalue weighted by Crippen LogP contribution is 2.25. The standard InChI is InChI=1S/C12H13N3O8S/c1-24(21,22)23-11-2-3-13(7-11)12(16)8-4-9(14(17)18)6-10(5-8)15(19)20/h4-6,11H,2-3,7H2,1H3/t11-/m0/s1. The Morgan fingerprint density at radius 3 is 2.21 bits per heavy atom. The molecule has 2 rings (SSSR count). The molecule has 1 aromatic carbocycles. The Bertz CT molecular complexity index is 774. The number of hydrogen-bond acceptors (Lipinski definition) is 8. The summed E-state index contributed by atoms with van der Waals surface area (Å²) in [4.78, 5) is 33.7. The molecule has 12 heteroatoms. The van der Waals surface area contributed by atoms with Gasteiger partial charge in [0.15, 0.2) is 0 Å². The lowest BCUT2D eigenvalue weighted by atomic mass is 10.1. The van der Waals surface area contributed by atoms with Gasteiger partial charge >= 0.3 is 0 Å². The number of nitro benzene ring substituents is 2. The van der Waals surface area contributed by atoms with Crippen LogP contribution >= 0.6 is 0 Å². The fourth-order valence-electron chi connectivity index (χ4n) is 2.35. The summed E-state index contributed by atoms with van der Waals surface area (Å²) >= 11 is 0. The Balaban J connectivity index is 2.24. The highest BCUT2D eigenvalue weighted by Gasteiger charge is 2.31. The van der Waals surface area contributed by atoms with Crippen molar-refractivity contribution in [2.75, 3.05) is 19.3 Å². The molecule has 130 valence electrons. The van der Waals surface area contributed by atoms with Crippen molar-refractivity contribution in [3.8, 4) is 0 Å². The summed E-state index contributed by atoms with van der Waals surface area (Å²) < 4.78 is 27.0. The number of hydrogen-bond donors (Lipinski definition) is 0. The Morgan fingerprint density at radius 2 is 1.75 bits per heavy atom.